The monoisotopic (exact) mass is 167 g/mol. The average molecular weight is 167 g/mol. The molecule has 0 spiro atoms. The molecule has 0 fully saturated rings. The highest BCUT2D eigenvalue weighted by Gasteiger charge is 2.07. The van der Waals surface area contributed by atoms with Crippen molar-refractivity contribution in [1.82, 2.24) is 0 Å². The van der Waals surface area contributed by atoms with Crippen LogP contribution in [0.25, 0.3) is 0 Å². The van der Waals surface area contributed by atoms with Gasteiger partial charge in [-0.25, -0.2) is 0 Å². The van der Waals surface area contributed by atoms with Crippen molar-refractivity contribution < 1.29 is 0 Å². The van der Waals surface area contributed by atoms with Crippen LogP contribution < -0.4 is 0 Å². The third kappa shape index (κ3) is 5.40. The van der Waals surface area contributed by atoms with Crippen molar-refractivity contribution in [1.29, 1.82) is 0 Å². The van der Waals surface area contributed by atoms with E-state index in [4.69, 9.17) is 0 Å². The second-order valence-electron chi connectivity index (χ2n) is 3.77. The lowest BCUT2D eigenvalue weighted by molar-refractivity contribution is 0.419. The summed E-state index contributed by atoms with van der Waals surface area (Å²) in [6, 6.07) is 0. The summed E-state index contributed by atoms with van der Waals surface area (Å²) >= 11 is 0. The van der Waals surface area contributed by atoms with E-state index in [1.165, 1.54) is 25.7 Å². The zero-order valence-corrected chi connectivity index (χ0v) is 8.68. The van der Waals surface area contributed by atoms with Crippen molar-refractivity contribution in [3.05, 3.63) is 19.6 Å². The van der Waals surface area contributed by atoms with Crippen molar-refractivity contribution >= 4 is 0 Å². The van der Waals surface area contributed by atoms with Crippen LogP contribution in [0.3, 0.4) is 0 Å². The van der Waals surface area contributed by atoms with Crippen LogP contribution in [0, 0.1) is 18.8 Å². The van der Waals surface area contributed by atoms with Gasteiger partial charge in [-0.05, 0) is 24.7 Å². The first-order valence-electron chi connectivity index (χ1n) is 5.16. The maximum atomic E-state index is 3.92. The van der Waals surface area contributed by atoms with Gasteiger partial charge >= 0.3 is 0 Å². The maximum absolute atomic E-state index is 3.92. The molecule has 71 valence electrons. The van der Waals surface area contributed by atoms with Gasteiger partial charge in [0.1, 0.15) is 0 Å². The Labute approximate surface area is 78.1 Å². The van der Waals surface area contributed by atoms with Gasteiger partial charge in [-0.3, -0.25) is 0 Å². The first-order valence-corrected chi connectivity index (χ1v) is 5.16. The van der Waals surface area contributed by atoms with E-state index in [2.05, 4.69) is 33.4 Å². The van der Waals surface area contributed by atoms with E-state index in [9.17, 15) is 0 Å². The van der Waals surface area contributed by atoms with Gasteiger partial charge < -0.3 is 0 Å². The molecule has 0 bridgehead atoms. The Kier molecular flexibility index (Phi) is 7.23. The molecule has 0 aliphatic heterocycles. The molecule has 2 unspecified atom stereocenters. The maximum Gasteiger partial charge on any atom is -0.0234 e. The standard InChI is InChI=1S/C12H23/c1-5-8-9-12(7-3)10-11(4)6-2/h7,11-12H,2-3,5-6,8-10H2,1,4H3. The van der Waals surface area contributed by atoms with Gasteiger partial charge in [-0.1, -0.05) is 46.1 Å². The van der Waals surface area contributed by atoms with Crippen molar-refractivity contribution in [2.45, 2.75) is 46.0 Å². The lowest BCUT2D eigenvalue weighted by atomic mass is 9.90. The molecule has 0 amide bonds. The molecule has 1 radical (unpaired) electrons. The summed E-state index contributed by atoms with van der Waals surface area (Å²) in [5, 5.41) is 0. The van der Waals surface area contributed by atoms with Crippen molar-refractivity contribution in [2.75, 3.05) is 0 Å². The predicted molar refractivity (Wildman–Crippen MR) is 57.0 cm³/mol. The normalized spacial score (nSPS) is 15.6. The summed E-state index contributed by atoms with van der Waals surface area (Å²) in [4.78, 5) is 0. The molecular formula is C12H23. The molecule has 0 heteroatoms. The smallest absolute Gasteiger partial charge is 0.0234 e. The Bertz CT molecular complexity index is 105. The van der Waals surface area contributed by atoms with Crippen LogP contribution in [0.2, 0.25) is 0 Å². The lowest BCUT2D eigenvalue weighted by Gasteiger charge is -2.15. The van der Waals surface area contributed by atoms with Crippen molar-refractivity contribution in [2.24, 2.45) is 11.8 Å². The Hall–Kier alpha value is -0.260. The second-order valence-corrected chi connectivity index (χ2v) is 3.77. The molecule has 12 heavy (non-hydrogen) atoms. The van der Waals surface area contributed by atoms with Crippen molar-refractivity contribution in [3.63, 3.8) is 0 Å². The summed E-state index contributed by atoms with van der Waals surface area (Å²) in [5.41, 5.74) is 0. The van der Waals surface area contributed by atoms with Gasteiger partial charge in [0.05, 0.1) is 0 Å². The van der Waals surface area contributed by atoms with Crippen LogP contribution in [0.4, 0.5) is 0 Å². The van der Waals surface area contributed by atoms with Gasteiger partial charge in [-0.15, -0.1) is 6.58 Å². The molecular weight excluding hydrogens is 144 g/mol. The zero-order valence-electron chi connectivity index (χ0n) is 8.68. The lowest BCUT2D eigenvalue weighted by Crippen LogP contribution is -2.03. The summed E-state index contributed by atoms with van der Waals surface area (Å²) < 4.78 is 0. The molecule has 0 aromatic heterocycles. The number of allylic oxidation sites excluding steroid dienone is 1. The molecule has 0 aliphatic carbocycles. The average Bonchev–Trinajstić information content (AvgIpc) is 2.11. The molecule has 0 aliphatic rings. The molecule has 0 rings (SSSR count). The Morgan fingerprint density at radius 3 is 2.50 bits per heavy atom. The van der Waals surface area contributed by atoms with E-state index in [0.717, 1.165) is 18.3 Å². The summed E-state index contributed by atoms with van der Waals surface area (Å²) in [6.45, 7) is 12.3. The number of rotatable bonds is 7. The van der Waals surface area contributed by atoms with Gasteiger partial charge in [-0.2, -0.15) is 0 Å². The molecule has 0 heterocycles. The van der Waals surface area contributed by atoms with Crippen molar-refractivity contribution in [3.8, 4) is 0 Å². The van der Waals surface area contributed by atoms with Crippen LogP contribution in [-0.4, -0.2) is 0 Å². The predicted octanol–water partition coefficient (Wildman–Crippen LogP) is 4.23. The fourth-order valence-corrected chi connectivity index (χ4v) is 1.43. The minimum atomic E-state index is 0.724. The first-order chi connectivity index (χ1) is 5.74. The second kappa shape index (κ2) is 7.39. The Morgan fingerprint density at radius 2 is 2.08 bits per heavy atom. The van der Waals surface area contributed by atoms with Gasteiger partial charge in [0.2, 0.25) is 0 Å². The number of hydrogen-bond donors (Lipinski definition) is 0. The van der Waals surface area contributed by atoms with Gasteiger partial charge in [0.25, 0.3) is 0 Å². The topological polar surface area (TPSA) is 0 Å². The SMILES string of the molecule is [CH2]CC(C)CC(C=C)CCCC. The highest BCUT2D eigenvalue weighted by molar-refractivity contribution is 4.80. The molecule has 2 atom stereocenters. The highest BCUT2D eigenvalue weighted by atomic mass is 14.1. The van der Waals surface area contributed by atoms with E-state index in [1.807, 2.05) is 0 Å². The molecule has 0 saturated carbocycles. The van der Waals surface area contributed by atoms with Gasteiger partial charge in [0.15, 0.2) is 0 Å². The molecule has 0 aromatic carbocycles. The minimum absolute atomic E-state index is 0.724. The first kappa shape index (κ1) is 11.7. The zero-order chi connectivity index (χ0) is 9.40. The molecule has 0 aromatic rings. The molecule has 0 nitrogen and oxygen atoms in total. The van der Waals surface area contributed by atoms with Crippen LogP contribution in [-0.2, 0) is 0 Å². The fourth-order valence-electron chi connectivity index (χ4n) is 1.43. The van der Waals surface area contributed by atoms with Gasteiger partial charge in [0, 0.05) is 0 Å². The Morgan fingerprint density at radius 1 is 1.42 bits per heavy atom. The summed E-state index contributed by atoms with van der Waals surface area (Å²) in [5.74, 6) is 1.48. The fraction of sp³-hybridized carbons (Fsp3) is 0.750. The van der Waals surface area contributed by atoms with E-state index < -0.39 is 0 Å². The van der Waals surface area contributed by atoms with E-state index in [1.54, 1.807) is 0 Å². The molecule has 0 N–H and O–H groups in total. The highest BCUT2D eigenvalue weighted by Crippen LogP contribution is 2.20. The van der Waals surface area contributed by atoms with Crippen LogP contribution in [0.5, 0.6) is 0 Å². The van der Waals surface area contributed by atoms with E-state index in [0.29, 0.717) is 0 Å². The Balaban J connectivity index is 3.59. The number of hydrogen-bond acceptors (Lipinski definition) is 0. The minimum Gasteiger partial charge on any atom is -0.103 e. The van der Waals surface area contributed by atoms with E-state index >= 15 is 0 Å². The van der Waals surface area contributed by atoms with Crippen LogP contribution in [0.1, 0.15) is 46.0 Å². The van der Waals surface area contributed by atoms with Crippen LogP contribution >= 0.6 is 0 Å². The summed E-state index contributed by atoms with van der Waals surface area (Å²) in [7, 11) is 0. The van der Waals surface area contributed by atoms with Crippen LogP contribution in [0.15, 0.2) is 12.7 Å². The third-order valence-electron chi connectivity index (χ3n) is 2.46. The number of unbranched alkanes of at least 4 members (excludes halogenated alkanes) is 1. The van der Waals surface area contributed by atoms with E-state index in [-0.39, 0.29) is 0 Å². The third-order valence-corrected chi connectivity index (χ3v) is 2.46. The largest absolute Gasteiger partial charge is 0.103 e. The summed E-state index contributed by atoms with van der Waals surface area (Å²) in [6.07, 6.45) is 8.37. The molecule has 0 saturated heterocycles. The quantitative estimate of drug-likeness (QED) is 0.498.